The van der Waals surface area contributed by atoms with Crippen LogP contribution >= 0.6 is 0 Å². The first-order chi connectivity index (χ1) is 20.7. The molecule has 0 aliphatic carbocycles. The number of rotatable bonds is 4. The number of nitrogens with one attached hydrogen (secondary N) is 2. The molecule has 4 heterocycles. The van der Waals surface area contributed by atoms with Gasteiger partial charge in [0.2, 0.25) is 0 Å². The van der Waals surface area contributed by atoms with Crippen LogP contribution in [0.5, 0.6) is 11.5 Å². The van der Waals surface area contributed by atoms with Gasteiger partial charge in [0.25, 0.3) is 0 Å². The van der Waals surface area contributed by atoms with Crippen molar-refractivity contribution in [2.75, 3.05) is 14.2 Å². The van der Waals surface area contributed by atoms with Gasteiger partial charge in [-0.2, -0.15) is 10.2 Å². The van der Waals surface area contributed by atoms with E-state index in [9.17, 15) is 0 Å². The second kappa shape index (κ2) is 10.6. The average molecular weight is 553 g/mol. The molecular formula is C32H24N8O2. The molecule has 8 aromatic rings. The molecule has 0 amide bonds. The number of H-pyrrole nitrogens is 2. The Morgan fingerprint density at radius 2 is 0.929 bits per heavy atom. The van der Waals surface area contributed by atoms with Crippen molar-refractivity contribution < 1.29 is 9.47 Å². The molecule has 0 saturated carbocycles. The Hall–Kier alpha value is -5.90. The number of hydrogen-bond donors (Lipinski definition) is 2. The summed E-state index contributed by atoms with van der Waals surface area (Å²) in [5.41, 5.74) is 9.05. The third kappa shape index (κ3) is 4.81. The van der Waals surface area contributed by atoms with Gasteiger partial charge < -0.3 is 9.47 Å². The highest BCUT2D eigenvalue weighted by Gasteiger charge is 2.07. The summed E-state index contributed by atoms with van der Waals surface area (Å²) >= 11 is 0. The van der Waals surface area contributed by atoms with Crippen LogP contribution in [-0.4, -0.2) is 54.6 Å². The molecule has 0 fully saturated rings. The van der Waals surface area contributed by atoms with E-state index >= 15 is 0 Å². The molecule has 0 radical (unpaired) electrons. The van der Waals surface area contributed by atoms with E-state index in [1.54, 1.807) is 39.0 Å². The van der Waals surface area contributed by atoms with E-state index in [0.29, 0.717) is 0 Å². The van der Waals surface area contributed by atoms with Gasteiger partial charge in [0, 0.05) is 21.9 Å². The van der Waals surface area contributed by atoms with E-state index in [-0.39, 0.29) is 0 Å². The van der Waals surface area contributed by atoms with Crippen LogP contribution in [0, 0.1) is 0 Å². The zero-order chi connectivity index (χ0) is 28.5. The van der Waals surface area contributed by atoms with Gasteiger partial charge in [0.15, 0.2) is 0 Å². The predicted molar refractivity (Wildman–Crippen MR) is 162 cm³/mol. The molecule has 0 bridgehead atoms. The van der Waals surface area contributed by atoms with Crippen LogP contribution in [0.3, 0.4) is 0 Å². The lowest BCUT2D eigenvalue weighted by Gasteiger charge is -2.04. The van der Waals surface area contributed by atoms with Gasteiger partial charge in [-0.25, -0.2) is 9.97 Å². The fourth-order valence-corrected chi connectivity index (χ4v) is 4.70. The van der Waals surface area contributed by atoms with Gasteiger partial charge in [0.1, 0.15) is 11.5 Å². The van der Waals surface area contributed by atoms with Crippen LogP contribution in [0.2, 0.25) is 0 Å². The van der Waals surface area contributed by atoms with Crippen molar-refractivity contribution in [1.82, 2.24) is 40.3 Å². The minimum atomic E-state index is 0.826. The van der Waals surface area contributed by atoms with E-state index in [1.165, 1.54) is 0 Å². The van der Waals surface area contributed by atoms with Gasteiger partial charge >= 0.3 is 0 Å². The van der Waals surface area contributed by atoms with Crippen LogP contribution in [0.15, 0.2) is 97.6 Å². The summed E-state index contributed by atoms with van der Waals surface area (Å²) in [4.78, 5) is 18.3. The Morgan fingerprint density at radius 3 is 1.43 bits per heavy atom. The average Bonchev–Trinajstić information content (AvgIpc) is 3.71. The van der Waals surface area contributed by atoms with Crippen molar-refractivity contribution >= 4 is 43.9 Å². The fraction of sp³-hybridized carbons (Fsp3) is 0.0625. The summed E-state index contributed by atoms with van der Waals surface area (Å²) in [6, 6.07) is 23.5. The number of aromatic amines is 2. The Bertz CT molecular complexity index is 2010. The van der Waals surface area contributed by atoms with Crippen LogP contribution in [0.4, 0.5) is 0 Å². The summed E-state index contributed by atoms with van der Waals surface area (Å²) in [7, 11) is 3.31. The third-order valence-electron chi connectivity index (χ3n) is 6.98. The molecule has 10 heteroatoms. The zero-order valence-corrected chi connectivity index (χ0v) is 22.7. The maximum absolute atomic E-state index is 5.17. The number of benzene rings is 4. The minimum Gasteiger partial charge on any atom is -0.497 e. The standard InChI is InChI=1S/2C16H12N4O/c1-21-12-4-2-10(3-5-12)16-9-17-14-7-13-11(8-18-20-13)6-15(14)19-16;1-21-12-4-2-10(3-5-12)16-9-17-14-6-11-8-18-20-13(11)7-15(14)19-16/h2*2-9H,1H3,(H,18,20). The van der Waals surface area contributed by atoms with Crippen LogP contribution < -0.4 is 9.47 Å². The van der Waals surface area contributed by atoms with E-state index in [1.807, 2.05) is 72.8 Å². The molecule has 10 nitrogen and oxygen atoms in total. The first-order valence-corrected chi connectivity index (χ1v) is 13.2. The highest BCUT2D eigenvalue weighted by Crippen LogP contribution is 2.25. The normalized spacial score (nSPS) is 11.1. The van der Waals surface area contributed by atoms with Crippen molar-refractivity contribution in [1.29, 1.82) is 0 Å². The van der Waals surface area contributed by atoms with Crippen molar-refractivity contribution in [2.24, 2.45) is 0 Å². The Morgan fingerprint density at radius 1 is 0.500 bits per heavy atom. The van der Waals surface area contributed by atoms with Gasteiger partial charge in [-0.1, -0.05) is 0 Å². The van der Waals surface area contributed by atoms with Crippen molar-refractivity contribution in [3.63, 3.8) is 0 Å². The molecule has 42 heavy (non-hydrogen) atoms. The van der Waals surface area contributed by atoms with Gasteiger partial charge in [-0.05, 0) is 72.8 Å². The number of hydrogen-bond acceptors (Lipinski definition) is 8. The third-order valence-corrected chi connectivity index (χ3v) is 6.98. The SMILES string of the molecule is COc1ccc(-c2cnc3cc4[nH]ncc4cc3n2)cc1.COc1ccc(-c2cnc3cc4cn[nH]c4cc3n2)cc1. The second-order valence-corrected chi connectivity index (χ2v) is 9.56. The molecule has 0 unspecified atom stereocenters. The molecule has 204 valence electrons. The highest BCUT2D eigenvalue weighted by atomic mass is 16.5. The molecule has 0 aliphatic rings. The van der Waals surface area contributed by atoms with Crippen LogP contribution in [0.1, 0.15) is 0 Å². The number of ether oxygens (including phenoxy) is 2. The molecule has 8 rings (SSSR count). The molecule has 0 atom stereocenters. The van der Waals surface area contributed by atoms with Crippen LogP contribution in [0.25, 0.3) is 66.4 Å². The van der Waals surface area contributed by atoms with E-state index < -0.39 is 0 Å². The monoisotopic (exact) mass is 552 g/mol. The largest absolute Gasteiger partial charge is 0.497 e. The van der Waals surface area contributed by atoms with E-state index in [0.717, 1.165) is 77.9 Å². The molecule has 0 saturated heterocycles. The summed E-state index contributed by atoms with van der Waals surface area (Å²) in [6.07, 6.45) is 7.15. The van der Waals surface area contributed by atoms with E-state index in [4.69, 9.17) is 9.47 Å². The lowest BCUT2D eigenvalue weighted by atomic mass is 10.1. The van der Waals surface area contributed by atoms with Gasteiger partial charge in [-0.15, -0.1) is 0 Å². The molecule has 4 aromatic heterocycles. The van der Waals surface area contributed by atoms with Crippen molar-refractivity contribution in [3.8, 4) is 34.0 Å². The summed E-state index contributed by atoms with van der Waals surface area (Å²) < 4.78 is 10.3. The molecule has 0 spiro atoms. The second-order valence-electron chi connectivity index (χ2n) is 9.56. The molecule has 2 N–H and O–H groups in total. The summed E-state index contributed by atoms with van der Waals surface area (Å²) in [5, 5.41) is 16.0. The van der Waals surface area contributed by atoms with Gasteiger partial charge in [-0.3, -0.25) is 20.2 Å². The summed E-state index contributed by atoms with van der Waals surface area (Å²) in [5.74, 6) is 1.65. The number of fused-ring (bicyclic) bond motifs is 4. The first kappa shape index (κ1) is 25.1. The quantitative estimate of drug-likeness (QED) is 0.258. The number of nitrogens with zero attached hydrogens (tertiary/aromatic N) is 6. The van der Waals surface area contributed by atoms with Gasteiger partial charge in [0.05, 0.1) is 83.5 Å². The maximum atomic E-state index is 5.17. The topological polar surface area (TPSA) is 127 Å². The predicted octanol–water partition coefficient (Wildman–Crippen LogP) is 6.36. The van der Waals surface area contributed by atoms with Crippen molar-refractivity contribution in [3.05, 3.63) is 97.6 Å². The number of aromatic nitrogens is 8. The number of methoxy groups -OCH3 is 2. The summed E-state index contributed by atoms with van der Waals surface area (Å²) in [6.45, 7) is 0. The van der Waals surface area contributed by atoms with E-state index in [2.05, 4.69) is 40.3 Å². The Labute approximate surface area is 239 Å². The molecular weight excluding hydrogens is 528 g/mol. The Balaban J connectivity index is 0.000000137. The molecule has 4 aromatic carbocycles. The lowest BCUT2D eigenvalue weighted by Crippen LogP contribution is -1.89. The highest BCUT2D eigenvalue weighted by molar-refractivity contribution is 5.94. The minimum absolute atomic E-state index is 0.826. The van der Waals surface area contributed by atoms with Crippen LogP contribution in [-0.2, 0) is 0 Å². The smallest absolute Gasteiger partial charge is 0.118 e. The van der Waals surface area contributed by atoms with Crippen molar-refractivity contribution in [2.45, 2.75) is 0 Å². The Kier molecular flexibility index (Phi) is 6.32. The lowest BCUT2D eigenvalue weighted by molar-refractivity contribution is 0.415. The maximum Gasteiger partial charge on any atom is 0.118 e. The first-order valence-electron chi connectivity index (χ1n) is 13.2. The fourth-order valence-electron chi connectivity index (χ4n) is 4.70. The zero-order valence-electron chi connectivity index (χ0n) is 22.7. The molecule has 0 aliphatic heterocycles.